The molecule has 26 heavy (non-hydrogen) atoms. The first-order valence-corrected chi connectivity index (χ1v) is 8.39. The molecule has 0 unspecified atom stereocenters. The van der Waals surface area contributed by atoms with E-state index in [1.807, 2.05) is 0 Å². The molecule has 1 saturated heterocycles. The summed E-state index contributed by atoms with van der Waals surface area (Å²) >= 11 is 0. The van der Waals surface area contributed by atoms with Crippen LogP contribution in [0.1, 0.15) is 51.8 Å². The number of carbonyl (C=O) groups is 2. The third-order valence-electron chi connectivity index (χ3n) is 3.97. The van der Waals surface area contributed by atoms with Gasteiger partial charge in [0.25, 0.3) is 6.43 Å². The molecule has 1 aromatic rings. The van der Waals surface area contributed by atoms with Gasteiger partial charge in [0.15, 0.2) is 0 Å². The molecule has 2 heterocycles. The summed E-state index contributed by atoms with van der Waals surface area (Å²) in [6.45, 7) is 9.37. The van der Waals surface area contributed by atoms with E-state index in [0.29, 0.717) is 25.9 Å². The van der Waals surface area contributed by atoms with Crippen molar-refractivity contribution in [3.63, 3.8) is 0 Å². The van der Waals surface area contributed by atoms with E-state index < -0.39 is 18.1 Å². The van der Waals surface area contributed by atoms with Gasteiger partial charge in [-0.05, 0) is 39.7 Å². The van der Waals surface area contributed by atoms with Crippen molar-refractivity contribution >= 4 is 17.7 Å². The van der Waals surface area contributed by atoms with Crippen LogP contribution in [0.15, 0.2) is 18.9 Å². The van der Waals surface area contributed by atoms with E-state index in [-0.39, 0.29) is 23.3 Å². The Labute approximate surface area is 151 Å². The summed E-state index contributed by atoms with van der Waals surface area (Å²) in [4.78, 5) is 25.1. The summed E-state index contributed by atoms with van der Waals surface area (Å²) in [7, 11) is 0. The van der Waals surface area contributed by atoms with Crippen molar-refractivity contribution in [1.82, 2.24) is 14.7 Å². The maximum Gasteiger partial charge on any atom is 0.412 e. The number of alkyl halides is 2. The summed E-state index contributed by atoms with van der Waals surface area (Å²) < 4.78 is 33.5. The highest BCUT2D eigenvalue weighted by atomic mass is 19.3. The van der Waals surface area contributed by atoms with Crippen molar-refractivity contribution in [2.75, 3.05) is 18.4 Å². The molecule has 144 valence electrons. The molecule has 0 aliphatic carbocycles. The van der Waals surface area contributed by atoms with Crippen molar-refractivity contribution in [2.24, 2.45) is 0 Å². The molecule has 0 saturated carbocycles. The van der Waals surface area contributed by atoms with Gasteiger partial charge in [0.2, 0.25) is 5.91 Å². The van der Waals surface area contributed by atoms with Crippen molar-refractivity contribution in [2.45, 2.75) is 51.7 Å². The average molecular weight is 370 g/mol. The quantitative estimate of drug-likeness (QED) is 0.823. The second-order valence-corrected chi connectivity index (χ2v) is 7.08. The lowest BCUT2D eigenvalue weighted by atomic mass is 10.0. The lowest BCUT2D eigenvalue weighted by Crippen LogP contribution is -2.38. The number of nitrogens with one attached hydrogen (secondary N) is 1. The van der Waals surface area contributed by atoms with Gasteiger partial charge in [0, 0.05) is 13.1 Å². The van der Waals surface area contributed by atoms with Crippen molar-refractivity contribution < 1.29 is 23.1 Å². The fourth-order valence-electron chi connectivity index (χ4n) is 2.85. The summed E-state index contributed by atoms with van der Waals surface area (Å²) in [5.41, 5.74) is -1.17. The number of hydrogen-bond acceptors (Lipinski definition) is 4. The number of piperidine rings is 1. The Kier molecular flexibility index (Phi) is 5.99. The highest BCUT2D eigenvalue weighted by Crippen LogP contribution is 2.33. The van der Waals surface area contributed by atoms with Crippen LogP contribution in [0.3, 0.4) is 0 Å². The number of halogens is 2. The van der Waals surface area contributed by atoms with Crippen LogP contribution in [0, 0.1) is 0 Å². The fraction of sp³-hybridized carbons (Fsp3) is 0.588. The third-order valence-corrected chi connectivity index (χ3v) is 3.97. The molecule has 2 amide bonds. The first-order valence-electron chi connectivity index (χ1n) is 8.39. The van der Waals surface area contributed by atoms with Crippen molar-refractivity contribution in [3.05, 3.63) is 24.5 Å². The Morgan fingerprint density at radius 3 is 2.50 bits per heavy atom. The van der Waals surface area contributed by atoms with E-state index in [9.17, 15) is 18.4 Å². The normalized spacial score (nSPS) is 15.8. The van der Waals surface area contributed by atoms with Gasteiger partial charge in [-0.3, -0.25) is 14.8 Å². The topological polar surface area (TPSA) is 76.5 Å². The standard InChI is InChI=1S/C17H24F2N4O3/c1-5-13(24)22-8-6-11(7-9-22)23-14(15(18)19)12(10-20-23)21-16(25)26-17(2,3)4/h5,10-11,15H,1,6-9H2,2-4H3,(H,21,25). The molecular formula is C17H24F2N4O3. The molecule has 0 radical (unpaired) electrons. The van der Waals surface area contributed by atoms with Crippen LogP contribution >= 0.6 is 0 Å². The minimum atomic E-state index is -2.81. The number of anilines is 1. The van der Waals surface area contributed by atoms with E-state index in [4.69, 9.17) is 4.74 Å². The van der Waals surface area contributed by atoms with Crippen LogP contribution in [-0.4, -0.2) is 45.4 Å². The Morgan fingerprint density at radius 1 is 1.38 bits per heavy atom. The predicted molar refractivity (Wildman–Crippen MR) is 92.1 cm³/mol. The monoisotopic (exact) mass is 370 g/mol. The average Bonchev–Trinajstić information content (AvgIpc) is 2.96. The van der Waals surface area contributed by atoms with Crippen LogP contribution in [0.25, 0.3) is 0 Å². The molecule has 0 bridgehead atoms. The first kappa shape index (κ1) is 19.9. The van der Waals surface area contributed by atoms with Gasteiger partial charge in [-0.15, -0.1) is 0 Å². The highest BCUT2D eigenvalue weighted by molar-refractivity contribution is 5.87. The zero-order valence-corrected chi connectivity index (χ0v) is 15.2. The molecule has 2 rings (SSSR count). The Hall–Kier alpha value is -2.45. The summed E-state index contributed by atoms with van der Waals surface area (Å²) in [6, 6.07) is -0.276. The zero-order valence-electron chi connectivity index (χ0n) is 15.2. The Balaban J connectivity index is 2.13. The third kappa shape index (κ3) is 4.80. The van der Waals surface area contributed by atoms with Crippen molar-refractivity contribution in [3.8, 4) is 0 Å². The number of amides is 2. The molecule has 0 atom stereocenters. The molecule has 1 aliphatic rings. The largest absolute Gasteiger partial charge is 0.444 e. The molecule has 7 nitrogen and oxygen atoms in total. The van der Waals surface area contributed by atoms with E-state index in [1.165, 1.54) is 17.0 Å². The maximum absolute atomic E-state index is 13.6. The van der Waals surface area contributed by atoms with Crippen LogP contribution in [0.4, 0.5) is 19.3 Å². The van der Waals surface area contributed by atoms with Crippen LogP contribution in [-0.2, 0) is 9.53 Å². The summed E-state index contributed by atoms with van der Waals surface area (Å²) in [5.74, 6) is -0.176. The van der Waals surface area contributed by atoms with Gasteiger partial charge < -0.3 is 9.64 Å². The van der Waals surface area contributed by atoms with E-state index in [2.05, 4.69) is 17.0 Å². The molecule has 9 heteroatoms. The van der Waals surface area contributed by atoms with E-state index >= 15 is 0 Å². The van der Waals surface area contributed by atoms with Gasteiger partial charge in [-0.25, -0.2) is 13.6 Å². The maximum atomic E-state index is 13.6. The van der Waals surface area contributed by atoms with E-state index in [1.54, 1.807) is 25.7 Å². The van der Waals surface area contributed by atoms with Crippen molar-refractivity contribution in [1.29, 1.82) is 0 Å². The van der Waals surface area contributed by atoms with Crippen LogP contribution < -0.4 is 5.32 Å². The minimum absolute atomic E-state index is 0.0705. The molecule has 1 N–H and O–H groups in total. The summed E-state index contributed by atoms with van der Waals surface area (Å²) in [6.07, 6.45) is -0.200. The summed E-state index contributed by atoms with van der Waals surface area (Å²) in [5, 5.41) is 6.39. The second kappa shape index (κ2) is 7.84. The number of rotatable bonds is 4. The molecule has 0 spiro atoms. The first-order chi connectivity index (χ1) is 12.1. The number of likely N-dealkylation sites (tertiary alicyclic amines) is 1. The molecule has 1 aromatic heterocycles. The molecule has 1 fully saturated rings. The number of hydrogen-bond donors (Lipinski definition) is 1. The minimum Gasteiger partial charge on any atom is -0.444 e. The highest BCUT2D eigenvalue weighted by Gasteiger charge is 2.30. The number of carbonyl (C=O) groups excluding carboxylic acids is 2. The molecule has 1 aliphatic heterocycles. The Bertz CT molecular complexity index is 674. The number of ether oxygens (including phenoxy) is 1. The van der Waals surface area contributed by atoms with Gasteiger partial charge in [-0.1, -0.05) is 6.58 Å². The SMILES string of the molecule is C=CC(=O)N1CCC(n2ncc(NC(=O)OC(C)(C)C)c2C(F)F)CC1. The van der Waals surface area contributed by atoms with E-state index in [0.717, 1.165) is 0 Å². The van der Waals surface area contributed by atoms with Gasteiger partial charge in [-0.2, -0.15) is 5.10 Å². The fourth-order valence-corrected chi connectivity index (χ4v) is 2.85. The van der Waals surface area contributed by atoms with Gasteiger partial charge in [0.05, 0.1) is 17.9 Å². The molecular weight excluding hydrogens is 346 g/mol. The van der Waals surface area contributed by atoms with Crippen LogP contribution in [0.2, 0.25) is 0 Å². The molecule has 0 aromatic carbocycles. The second-order valence-electron chi connectivity index (χ2n) is 7.08. The van der Waals surface area contributed by atoms with Gasteiger partial charge in [0.1, 0.15) is 11.3 Å². The number of nitrogens with zero attached hydrogens (tertiary/aromatic N) is 3. The predicted octanol–water partition coefficient (Wildman–Crippen LogP) is 3.52. The zero-order chi connectivity index (χ0) is 19.5. The lowest BCUT2D eigenvalue weighted by Gasteiger charge is -2.32. The van der Waals surface area contributed by atoms with Crippen LogP contribution in [0.5, 0.6) is 0 Å². The lowest BCUT2D eigenvalue weighted by molar-refractivity contribution is -0.127. The number of aromatic nitrogens is 2. The van der Waals surface area contributed by atoms with Gasteiger partial charge >= 0.3 is 6.09 Å². The smallest absolute Gasteiger partial charge is 0.412 e. The Morgan fingerprint density at radius 2 is 2.00 bits per heavy atom.